The summed E-state index contributed by atoms with van der Waals surface area (Å²) in [5.74, 6) is 1.49. The van der Waals surface area contributed by atoms with E-state index < -0.39 is 6.29 Å². The van der Waals surface area contributed by atoms with E-state index in [9.17, 15) is 10.2 Å². The first-order chi connectivity index (χ1) is 16.5. The highest BCUT2D eigenvalue weighted by molar-refractivity contribution is 5.95. The Labute approximate surface area is 200 Å². The number of nitrogens with zero attached hydrogens (tertiary/aromatic N) is 3. The van der Waals surface area contributed by atoms with Crippen molar-refractivity contribution in [2.24, 2.45) is 5.92 Å². The van der Waals surface area contributed by atoms with Crippen LogP contribution in [-0.4, -0.2) is 31.2 Å². The highest BCUT2D eigenvalue weighted by Crippen LogP contribution is 2.35. The third kappa shape index (κ3) is 4.65. The lowest BCUT2D eigenvalue weighted by atomic mass is 10.0. The zero-order valence-corrected chi connectivity index (χ0v) is 20.0. The summed E-state index contributed by atoms with van der Waals surface area (Å²) in [5, 5.41) is 22.7. The molecule has 0 amide bonds. The molecule has 0 bridgehead atoms. The van der Waals surface area contributed by atoms with E-state index in [2.05, 4.69) is 22.0 Å². The van der Waals surface area contributed by atoms with Crippen LogP contribution in [-0.2, 0) is 13.0 Å². The summed E-state index contributed by atoms with van der Waals surface area (Å²) in [6.45, 7) is 4.91. The zero-order valence-electron chi connectivity index (χ0n) is 20.0. The summed E-state index contributed by atoms with van der Waals surface area (Å²) < 4.78 is 7.81. The van der Waals surface area contributed by atoms with Gasteiger partial charge in [0.05, 0.1) is 16.7 Å². The molecule has 0 radical (unpaired) electrons. The number of hydrogen-bond acceptors (Lipinski definition) is 5. The van der Waals surface area contributed by atoms with E-state index in [-0.39, 0.29) is 6.42 Å². The summed E-state index contributed by atoms with van der Waals surface area (Å²) in [5.41, 5.74) is 8.12. The smallest absolute Gasteiger partial charge is 0.155 e. The second kappa shape index (κ2) is 9.72. The Morgan fingerprint density at radius 3 is 2.41 bits per heavy atom. The Bertz CT molecular complexity index is 1240. The van der Waals surface area contributed by atoms with Crippen LogP contribution >= 0.6 is 0 Å². The molecule has 1 saturated carbocycles. The maximum atomic E-state index is 9.29. The largest absolute Gasteiger partial charge is 0.368 e. The van der Waals surface area contributed by atoms with Crippen LogP contribution in [0, 0.1) is 19.8 Å². The number of aryl methyl sites for hydroxylation is 2. The van der Waals surface area contributed by atoms with Gasteiger partial charge in [-0.2, -0.15) is 0 Å². The number of fused-ring (bicyclic) bond motifs is 1. The SMILES string of the molecule is Cc1noc(C)c1-c1cnc2c(-c3ccc(CC(O)O)cc3)cn(CC3CCCCCC3)c2c1. The van der Waals surface area contributed by atoms with Crippen LogP contribution in [0.3, 0.4) is 0 Å². The van der Waals surface area contributed by atoms with Crippen LogP contribution in [0.25, 0.3) is 33.3 Å². The minimum Gasteiger partial charge on any atom is -0.368 e. The molecule has 5 rings (SSSR count). The Morgan fingerprint density at radius 2 is 1.76 bits per heavy atom. The van der Waals surface area contributed by atoms with Gasteiger partial charge in [-0.25, -0.2) is 0 Å². The van der Waals surface area contributed by atoms with E-state index in [1.807, 2.05) is 44.3 Å². The maximum Gasteiger partial charge on any atom is 0.155 e. The minimum absolute atomic E-state index is 0.225. The fraction of sp³-hybridized carbons (Fsp3) is 0.429. The van der Waals surface area contributed by atoms with E-state index in [1.165, 1.54) is 38.5 Å². The lowest BCUT2D eigenvalue weighted by Crippen LogP contribution is -2.09. The van der Waals surface area contributed by atoms with Crippen molar-refractivity contribution < 1.29 is 14.7 Å². The molecule has 4 aromatic rings. The second-order valence-corrected chi connectivity index (χ2v) is 9.73. The van der Waals surface area contributed by atoms with E-state index in [4.69, 9.17) is 9.51 Å². The van der Waals surface area contributed by atoms with E-state index in [0.717, 1.165) is 56.8 Å². The molecule has 3 heterocycles. The van der Waals surface area contributed by atoms with Crippen molar-refractivity contribution in [2.45, 2.75) is 71.6 Å². The van der Waals surface area contributed by atoms with Gasteiger partial charge in [0, 0.05) is 42.0 Å². The highest BCUT2D eigenvalue weighted by Gasteiger charge is 2.19. The van der Waals surface area contributed by atoms with E-state index >= 15 is 0 Å². The molecule has 1 fully saturated rings. The van der Waals surface area contributed by atoms with Gasteiger partial charge in [0.25, 0.3) is 0 Å². The normalized spacial score (nSPS) is 15.3. The van der Waals surface area contributed by atoms with Crippen LogP contribution in [0.1, 0.15) is 55.5 Å². The third-order valence-corrected chi connectivity index (χ3v) is 7.15. The van der Waals surface area contributed by atoms with Gasteiger partial charge < -0.3 is 19.3 Å². The average molecular weight is 460 g/mol. The van der Waals surface area contributed by atoms with Gasteiger partial charge >= 0.3 is 0 Å². The summed E-state index contributed by atoms with van der Waals surface area (Å²) in [4.78, 5) is 4.93. The molecule has 0 unspecified atom stereocenters. The first kappa shape index (κ1) is 22.8. The fourth-order valence-electron chi connectivity index (χ4n) is 5.42. The Morgan fingerprint density at radius 1 is 1.03 bits per heavy atom. The molecule has 6 nitrogen and oxygen atoms in total. The lowest BCUT2D eigenvalue weighted by Gasteiger charge is -2.16. The summed E-state index contributed by atoms with van der Waals surface area (Å²) in [6.07, 6.45) is 10.9. The van der Waals surface area contributed by atoms with Gasteiger partial charge in [-0.05, 0) is 49.8 Å². The fourth-order valence-corrected chi connectivity index (χ4v) is 5.42. The Balaban J connectivity index is 1.58. The predicted octanol–water partition coefficient (Wildman–Crippen LogP) is 5.80. The predicted molar refractivity (Wildman–Crippen MR) is 133 cm³/mol. The van der Waals surface area contributed by atoms with Crippen LogP contribution in [0.15, 0.2) is 47.2 Å². The molecule has 0 aliphatic heterocycles. The van der Waals surface area contributed by atoms with E-state index in [1.54, 1.807) is 0 Å². The molecule has 0 atom stereocenters. The van der Waals surface area contributed by atoms with Gasteiger partial charge in [-0.15, -0.1) is 0 Å². The molecule has 3 aromatic heterocycles. The molecule has 1 aromatic carbocycles. The van der Waals surface area contributed by atoms with Gasteiger partial charge in [0.15, 0.2) is 6.29 Å². The lowest BCUT2D eigenvalue weighted by molar-refractivity contribution is -0.0381. The van der Waals surface area contributed by atoms with Crippen LogP contribution < -0.4 is 0 Å². The summed E-state index contributed by atoms with van der Waals surface area (Å²) in [6, 6.07) is 10.2. The first-order valence-electron chi connectivity index (χ1n) is 12.4. The maximum absolute atomic E-state index is 9.29. The number of pyridine rings is 1. The van der Waals surface area contributed by atoms with Crippen molar-refractivity contribution in [3.63, 3.8) is 0 Å². The van der Waals surface area contributed by atoms with Gasteiger partial charge in [-0.1, -0.05) is 55.1 Å². The molecule has 178 valence electrons. The quantitative estimate of drug-likeness (QED) is 0.281. The minimum atomic E-state index is -1.34. The molecule has 2 N–H and O–H groups in total. The van der Waals surface area contributed by atoms with Crippen LogP contribution in [0.5, 0.6) is 0 Å². The molecule has 1 aliphatic carbocycles. The van der Waals surface area contributed by atoms with Gasteiger partial charge in [0.2, 0.25) is 0 Å². The van der Waals surface area contributed by atoms with Crippen molar-refractivity contribution in [1.82, 2.24) is 14.7 Å². The molecule has 6 heteroatoms. The second-order valence-electron chi connectivity index (χ2n) is 9.73. The Kier molecular flexibility index (Phi) is 6.53. The van der Waals surface area contributed by atoms with Crippen LogP contribution in [0.4, 0.5) is 0 Å². The number of aliphatic hydroxyl groups is 2. The van der Waals surface area contributed by atoms with Crippen LogP contribution in [0.2, 0.25) is 0 Å². The number of aliphatic hydroxyl groups excluding tert-OH is 1. The molecule has 1 aliphatic rings. The molecule has 0 saturated heterocycles. The molecular weight excluding hydrogens is 426 g/mol. The topological polar surface area (TPSA) is 84.3 Å². The summed E-state index contributed by atoms with van der Waals surface area (Å²) in [7, 11) is 0. The van der Waals surface area contributed by atoms with Gasteiger partial charge in [-0.3, -0.25) is 4.98 Å². The van der Waals surface area contributed by atoms with Crippen molar-refractivity contribution in [1.29, 1.82) is 0 Å². The van der Waals surface area contributed by atoms with Gasteiger partial charge in [0.1, 0.15) is 5.76 Å². The molecular formula is C28H33N3O3. The first-order valence-corrected chi connectivity index (χ1v) is 12.4. The highest BCUT2D eigenvalue weighted by atomic mass is 16.5. The van der Waals surface area contributed by atoms with Crippen molar-refractivity contribution in [2.75, 3.05) is 0 Å². The molecule has 34 heavy (non-hydrogen) atoms. The third-order valence-electron chi connectivity index (χ3n) is 7.15. The standard InChI is InChI=1S/C28H33N3O3/c1-18-27(19(2)34-30-18)23-14-25-28(29-15-23)24(22-11-9-20(10-12-22)13-26(32)33)17-31(25)16-21-7-5-3-4-6-8-21/h9-12,14-15,17,21,26,32-33H,3-8,13,16H2,1-2H3. The summed E-state index contributed by atoms with van der Waals surface area (Å²) >= 11 is 0. The van der Waals surface area contributed by atoms with E-state index in [0.29, 0.717) is 5.92 Å². The van der Waals surface area contributed by atoms with Crippen molar-refractivity contribution in [3.05, 3.63) is 59.7 Å². The average Bonchev–Trinajstić information content (AvgIpc) is 3.21. The molecule has 0 spiro atoms. The number of aromatic nitrogens is 3. The number of rotatable bonds is 6. The monoisotopic (exact) mass is 459 g/mol. The zero-order chi connectivity index (χ0) is 23.7. The van der Waals surface area contributed by atoms with Crippen molar-refractivity contribution in [3.8, 4) is 22.3 Å². The number of hydrogen-bond donors (Lipinski definition) is 2. The van der Waals surface area contributed by atoms with Crippen molar-refractivity contribution >= 4 is 11.0 Å². The Hall–Kier alpha value is -2.96. The number of benzene rings is 1.